The predicted molar refractivity (Wildman–Crippen MR) is 145 cm³/mol. The van der Waals surface area contributed by atoms with Gasteiger partial charge < -0.3 is 19.5 Å². The summed E-state index contributed by atoms with van der Waals surface area (Å²) in [7, 11) is 0.913. The fourth-order valence-electron chi connectivity index (χ4n) is 4.92. The smallest absolute Gasteiger partial charge is 0.337 e. The number of imide groups is 1. The number of nitrogens with zero attached hydrogens (tertiary/aromatic N) is 2. The quantitative estimate of drug-likeness (QED) is 0.130. The zero-order valence-electron chi connectivity index (χ0n) is 23.6. The van der Waals surface area contributed by atoms with E-state index in [0.717, 1.165) is 12.0 Å². The van der Waals surface area contributed by atoms with Crippen LogP contribution in [0, 0.1) is 21.7 Å². The molecule has 4 rings (SSSR count). The molecule has 0 aromatic heterocycles. The lowest BCUT2D eigenvalue weighted by molar-refractivity contribution is -0.387. The van der Waals surface area contributed by atoms with Gasteiger partial charge in [0, 0.05) is 11.6 Å². The Kier molecular flexibility index (Phi) is 9.47. The number of carbonyl (C=O) groups is 4. The summed E-state index contributed by atoms with van der Waals surface area (Å²) in [6.07, 6.45) is -0.778. The fourth-order valence-corrected chi connectivity index (χ4v) is 4.92. The number of methoxy groups -OCH3 is 1. The third-order valence-electron chi connectivity index (χ3n) is 6.81. The van der Waals surface area contributed by atoms with Gasteiger partial charge in [0.2, 0.25) is 5.82 Å². The summed E-state index contributed by atoms with van der Waals surface area (Å²) < 4.78 is 60.9. The number of halogens is 3. The Morgan fingerprint density at radius 3 is 2.18 bits per heavy atom. The molecule has 1 unspecified atom stereocenters. The monoisotopic (exact) mass is 617 g/mol. The van der Waals surface area contributed by atoms with E-state index in [2.05, 4.69) is 5.32 Å². The molecule has 2 aliphatic rings. The molecule has 15 heteroatoms. The fraction of sp³-hybridized carbons (Fsp3) is 0.310. The number of ether oxygens (including phenoxy) is 3. The van der Waals surface area contributed by atoms with Crippen molar-refractivity contribution in [3.63, 3.8) is 0 Å². The van der Waals surface area contributed by atoms with Gasteiger partial charge in [-0.1, -0.05) is 12.1 Å². The summed E-state index contributed by atoms with van der Waals surface area (Å²) >= 11 is 0. The van der Waals surface area contributed by atoms with Crippen molar-refractivity contribution in [2.24, 2.45) is 0 Å². The standard InChI is InChI=1S/C29H26F3N3O9/c1-14(2)44-29(39)23-19(13-43-11-10-34-26(36)15-6-4-5-7-16(15)27(34)37)33-18(12-30)22(28(38)42-3)24(23)21-17(31)8-9-20(25(21)32)35(40)41/h4-9,14,24,33H,10-13H2,1-3H3. The zero-order valence-corrected chi connectivity index (χ0v) is 23.6. The number of fused-ring (bicyclic) bond motifs is 1. The lowest BCUT2D eigenvalue weighted by atomic mass is 9.79. The largest absolute Gasteiger partial charge is 0.466 e. The summed E-state index contributed by atoms with van der Waals surface area (Å²) in [5.41, 5.74) is -3.99. The maximum absolute atomic E-state index is 15.6. The molecular weight excluding hydrogens is 591 g/mol. The highest BCUT2D eigenvalue weighted by atomic mass is 19.1. The van der Waals surface area contributed by atoms with Gasteiger partial charge in [0.15, 0.2) is 0 Å². The number of nitro benzene ring substituents is 1. The average Bonchev–Trinajstić information content (AvgIpc) is 3.22. The Morgan fingerprint density at radius 1 is 1.02 bits per heavy atom. The van der Waals surface area contributed by atoms with Crippen LogP contribution in [0.15, 0.2) is 58.9 Å². The number of amides is 2. The van der Waals surface area contributed by atoms with E-state index in [1.54, 1.807) is 12.1 Å². The molecule has 2 aromatic carbocycles. The Balaban J connectivity index is 1.76. The topological polar surface area (TPSA) is 154 Å². The van der Waals surface area contributed by atoms with Gasteiger partial charge in [-0.2, -0.15) is 4.39 Å². The number of alkyl halides is 1. The highest BCUT2D eigenvalue weighted by Crippen LogP contribution is 2.43. The zero-order chi connectivity index (χ0) is 32.3. The molecule has 1 atom stereocenters. The molecule has 2 heterocycles. The van der Waals surface area contributed by atoms with Crippen molar-refractivity contribution >= 4 is 29.4 Å². The van der Waals surface area contributed by atoms with Crippen molar-refractivity contribution in [3.8, 4) is 0 Å². The molecule has 0 spiro atoms. The molecule has 0 aliphatic carbocycles. The predicted octanol–water partition coefficient (Wildman–Crippen LogP) is 3.47. The summed E-state index contributed by atoms with van der Waals surface area (Å²) in [4.78, 5) is 62.9. The van der Waals surface area contributed by atoms with E-state index >= 15 is 8.78 Å². The van der Waals surface area contributed by atoms with Gasteiger partial charge in [-0.05, 0) is 32.0 Å². The molecule has 2 aliphatic heterocycles. The van der Waals surface area contributed by atoms with Gasteiger partial charge in [0.05, 0.1) is 77.5 Å². The number of nitrogens with one attached hydrogen (secondary N) is 1. The number of rotatable bonds is 11. The Labute approximate surface area is 248 Å². The van der Waals surface area contributed by atoms with Crippen LogP contribution in [0.25, 0.3) is 0 Å². The molecule has 2 aromatic rings. The number of dihydropyridines is 1. The van der Waals surface area contributed by atoms with E-state index in [1.165, 1.54) is 26.0 Å². The third kappa shape index (κ3) is 5.90. The van der Waals surface area contributed by atoms with Crippen LogP contribution >= 0.6 is 0 Å². The first-order valence-electron chi connectivity index (χ1n) is 13.2. The Morgan fingerprint density at radius 2 is 1.64 bits per heavy atom. The molecule has 0 fully saturated rings. The second-order valence-corrected chi connectivity index (χ2v) is 9.83. The van der Waals surface area contributed by atoms with Crippen molar-refractivity contribution in [1.29, 1.82) is 0 Å². The van der Waals surface area contributed by atoms with Crippen LogP contribution in [0.3, 0.4) is 0 Å². The third-order valence-corrected chi connectivity index (χ3v) is 6.81. The van der Waals surface area contributed by atoms with E-state index in [1.807, 2.05) is 0 Å². The van der Waals surface area contributed by atoms with Gasteiger partial charge in [0.25, 0.3) is 11.8 Å². The molecule has 44 heavy (non-hydrogen) atoms. The minimum atomic E-state index is -2.06. The Hall–Kier alpha value is -5.05. The number of hydrogen-bond acceptors (Lipinski definition) is 10. The SMILES string of the molecule is COC(=O)C1=C(CF)NC(COCCN2C(=O)c3ccccc3C2=O)=C(C(=O)OC(C)C)C1c1c(F)ccc([N+](=O)[O-])c1F. The van der Waals surface area contributed by atoms with Crippen LogP contribution in [0.2, 0.25) is 0 Å². The summed E-state index contributed by atoms with van der Waals surface area (Å²) in [5, 5.41) is 14.0. The van der Waals surface area contributed by atoms with Crippen LogP contribution < -0.4 is 5.32 Å². The van der Waals surface area contributed by atoms with Crippen LogP contribution in [-0.2, 0) is 23.8 Å². The van der Waals surface area contributed by atoms with Crippen molar-refractivity contribution in [1.82, 2.24) is 10.2 Å². The van der Waals surface area contributed by atoms with Gasteiger partial charge in [-0.15, -0.1) is 0 Å². The van der Waals surface area contributed by atoms with Crippen LogP contribution in [0.5, 0.6) is 0 Å². The highest BCUT2D eigenvalue weighted by molar-refractivity contribution is 6.21. The van der Waals surface area contributed by atoms with E-state index in [9.17, 15) is 33.7 Å². The molecule has 0 bridgehead atoms. The van der Waals surface area contributed by atoms with E-state index in [-0.39, 0.29) is 30.0 Å². The molecule has 232 valence electrons. The number of hydrogen-bond donors (Lipinski definition) is 1. The van der Waals surface area contributed by atoms with Crippen molar-refractivity contribution in [2.75, 3.05) is 33.5 Å². The first-order valence-corrected chi connectivity index (χ1v) is 13.2. The van der Waals surface area contributed by atoms with Gasteiger partial charge in [0.1, 0.15) is 12.5 Å². The first-order chi connectivity index (χ1) is 20.9. The van der Waals surface area contributed by atoms with Crippen LogP contribution in [0.1, 0.15) is 46.0 Å². The lowest BCUT2D eigenvalue weighted by Crippen LogP contribution is -2.38. The second kappa shape index (κ2) is 13.1. The van der Waals surface area contributed by atoms with Crippen LogP contribution in [0.4, 0.5) is 18.9 Å². The molecule has 2 amide bonds. The molecule has 0 saturated heterocycles. The second-order valence-electron chi connectivity index (χ2n) is 9.83. The van der Waals surface area contributed by atoms with Crippen LogP contribution in [-0.4, -0.2) is 73.2 Å². The number of carbonyl (C=O) groups excluding carboxylic acids is 4. The van der Waals surface area contributed by atoms with E-state index in [0.29, 0.717) is 12.1 Å². The van der Waals surface area contributed by atoms with Crippen molar-refractivity contribution in [2.45, 2.75) is 25.9 Å². The first kappa shape index (κ1) is 31.9. The van der Waals surface area contributed by atoms with Crippen molar-refractivity contribution < 1.29 is 51.5 Å². The maximum Gasteiger partial charge on any atom is 0.337 e. The normalized spacial score (nSPS) is 16.3. The molecule has 1 N–H and O–H groups in total. The molecule has 0 saturated carbocycles. The molecule has 12 nitrogen and oxygen atoms in total. The van der Waals surface area contributed by atoms with Gasteiger partial charge >= 0.3 is 17.6 Å². The van der Waals surface area contributed by atoms with E-state index in [4.69, 9.17) is 14.2 Å². The number of esters is 2. The number of allylic oxidation sites excluding steroid dienone is 1. The molecular formula is C29H26F3N3O9. The number of benzene rings is 2. The summed E-state index contributed by atoms with van der Waals surface area (Å²) in [6, 6.07) is 7.33. The minimum Gasteiger partial charge on any atom is -0.466 e. The maximum atomic E-state index is 15.6. The van der Waals surface area contributed by atoms with E-state index < -0.39 is 93.7 Å². The lowest BCUT2D eigenvalue weighted by Gasteiger charge is -2.32. The Bertz CT molecular complexity index is 1590. The average molecular weight is 618 g/mol. The number of nitro groups is 1. The highest BCUT2D eigenvalue weighted by Gasteiger charge is 2.44. The van der Waals surface area contributed by atoms with Gasteiger partial charge in [-0.3, -0.25) is 24.6 Å². The minimum absolute atomic E-state index is 0.213. The summed E-state index contributed by atoms with van der Waals surface area (Å²) in [5.74, 6) is -8.71. The van der Waals surface area contributed by atoms with Gasteiger partial charge in [-0.25, -0.2) is 18.4 Å². The summed E-state index contributed by atoms with van der Waals surface area (Å²) in [6.45, 7) is 0.442. The molecule has 0 radical (unpaired) electrons. The van der Waals surface area contributed by atoms with Crippen molar-refractivity contribution in [3.05, 3.63) is 97.4 Å².